The maximum atomic E-state index is 11.9. The first-order valence-corrected chi connectivity index (χ1v) is 8.75. The third-order valence-electron chi connectivity index (χ3n) is 4.07. The SMILES string of the molecule is O=C(NCc1cccnc1)Nc1ccc(OCc2noc(C3CC3)n2)cc1. The van der Waals surface area contributed by atoms with Gasteiger partial charge in [-0.2, -0.15) is 4.98 Å². The largest absolute Gasteiger partial charge is 0.485 e. The molecular weight excluding hydrogens is 346 g/mol. The lowest BCUT2D eigenvalue weighted by molar-refractivity contribution is 0.251. The summed E-state index contributed by atoms with van der Waals surface area (Å²) in [5.41, 5.74) is 1.60. The van der Waals surface area contributed by atoms with Crippen molar-refractivity contribution in [2.24, 2.45) is 0 Å². The summed E-state index contributed by atoms with van der Waals surface area (Å²) in [6.45, 7) is 0.656. The number of rotatable bonds is 7. The topological polar surface area (TPSA) is 102 Å². The third kappa shape index (κ3) is 4.81. The molecule has 0 atom stereocenters. The third-order valence-corrected chi connectivity index (χ3v) is 4.07. The number of pyridine rings is 1. The summed E-state index contributed by atoms with van der Waals surface area (Å²) >= 11 is 0. The minimum atomic E-state index is -0.285. The Balaban J connectivity index is 1.23. The number of ether oxygens (including phenoxy) is 1. The van der Waals surface area contributed by atoms with Crippen molar-refractivity contribution in [1.82, 2.24) is 20.4 Å². The van der Waals surface area contributed by atoms with E-state index in [2.05, 4.69) is 25.8 Å². The number of carbonyl (C=O) groups is 1. The highest BCUT2D eigenvalue weighted by atomic mass is 16.5. The number of hydrogen-bond acceptors (Lipinski definition) is 6. The summed E-state index contributed by atoms with van der Waals surface area (Å²) in [7, 11) is 0. The van der Waals surface area contributed by atoms with Gasteiger partial charge in [-0.1, -0.05) is 11.2 Å². The maximum Gasteiger partial charge on any atom is 0.319 e. The fraction of sp³-hybridized carbons (Fsp3) is 0.263. The zero-order valence-corrected chi connectivity index (χ0v) is 14.6. The van der Waals surface area contributed by atoms with Crippen molar-refractivity contribution in [3.05, 3.63) is 66.1 Å². The Bertz CT molecular complexity index is 891. The zero-order valence-electron chi connectivity index (χ0n) is 14.6. The van der Waals surface area contributed by atoms with E-state index in [-0.39, 0.29) is 12.6 Å². The van der Waals surface area contributed by atoms with Gasteiger partial charge in [0.05, 0.1) is 0 Å². The first kappa shape index (κ1) is 17.0. The van der Waals surface area contributed by atoms with E-state index in [1.54, 1.807) is 36.7 Å². The van der Waals surface area contributed by atoms with Gasteiger partial charge in [0.15, 0.2) is 6.61 Å². The van der Waals surface area contributed by atoms with Crippen LogP contribution in [0.2, 0.25) is 0 Å². The van der Waals surface area contributed by atoms with Gasteiger partial charge in [0, 0.05) is 30.5 Å². The van der Waals surface area contributed by atoms with Crippen molar-refractivity contribution in [3.8, 4) is 5.75 Å². The van der Waals surface area contributed by atoms with Gasteiger partial charge in [-0.3, -0.25) is 4.98 Å². The molecule has 3 aromatic rings. The lowest BCUT2D eigenvalue weighted by Crippen LogP contribution is -2.28. The van der Waals surface area contributed by atoms with Gasteiger partial charge in [0.2, 0.25) is 11.7 Å². The van der Waals surface area contributed by atoms with Crippen LogP contribution in [-0.4, -0.2) is 21.2 Å². The van der Waals surface area contributed by atoms with Crippen molar-refractivity contribution >= 4 is 11.7 Å². The van der Waals surface area contributed by atoms with Gasteiger partial charge >= 0.3 is 6.03 Å². The number of amides is 2. The molecule has 0 bridgehead atoms. The molecule has 2 aromatic heterocycles. The first-order valence-electron chi connectivity index (χ1n) is 8.75. The predicted molar refractivity (Wildman–Crippen MR) is 97.1 cm³/mol. The minimum absolute atomic E-state index is 0.245. The van der Waals surface area contributed by atoms with E-state index in [0.29, 0.717) is 35.6 Å². The van der Waals surface area contributed by atoms with E-state index >= 15 is 0 Å². The van der Waals surface area contributed by atoms with Gasteiger partial charge in [0.1, 0.15) is 5.75 Å². The molecule has 0 saturated heterocycles. The normalized spacial score (nSPS) is 13.2. The number of anilines is 1. The fourth-order valence-electron chi connectivity index (χ4n) is 2.46. The molecule has 1 aliphatic rings. The average molecular weight is 365 g/mol. The summed E-state index contributed by atoms with van der Waals surface area (Å²) in [5, 5.41) is 9.46. The van der Waals surface area contributed by atoms with Crippen molar-refractivity contribution in [1.29, 1.82) is 0 Å². The Kier molecular flexibility index (Phi) is 4.95. The molecular formula is C19H19N5O3. The Morgan fingerprint density at radius 3 is 2.81 bits per heavy atom. The highest BCUT2D eigenvalue weighted by Gasteiger charge is 2.29. The van der Waals surface area contributed by atoms with Crippen molar-refractivity contribution in [2.45, 2.75) is 31.9 Å². The molecule has 0 unspecified atom stereocenters. The molecule has 27 heavy (non-hydrogen) atoms. The van der Waals surface area contributed by atoms with E-state index in [0.717, 1.165) is 18.4 Å². The molecule has 1 aliphatic carbocycles. The van der Waals surface area contributed by atoms with Crippen LogP contribution in [0, 0.1) is 0 Å². The van der Waals surface area contributed by atoms with E-state index in [1.807, 2.05) is 12.1 Å². The highest BCUT2D eigenvalue weighted by molar-refractivity contribution is 5.89. The van der Waals surface area contributed by atoms with E-state index in [1.165, 1.54) is 0 Å². The predicted octanol–water partition coefficient (Wildman–Crippen LogP) is 3.24. The highest BCUT2D eigenvalue weighted by Crippen LogP contribution is 2.38. The molecule has 2 heterocycles. The maximum absolute atomic E-state index is 11.9. The van der Waals surface area contributed by atoms with Crippen molar-refractivity contribution < 1.29 is 14.1 Å². The lowest BCUT2D eigenvalue weighted by Gasteiger charge is -2.08. The number of urea groups is 1. The Morgan fingerprint density at radius 2 is 2.07 bits per heavy atom. The summed E-state index contributed by atoms with van der Waals surface area (Å²) in [6.07, 6.45) is 5.64. The molecule has 8 heteroatoms. The molecule has 1 aromatic carbocycles. The number of benzene rings is 1. The molecule has 138 valence electrons. The fourth-order valence-corrected chi connectivity index (χ4v) is 2.46. The molecule has 1 fully saturated rings. The van der Waals surface area contributed by atoms with Crippen LogP contribution in [0.4, 0.5) is 10.5 Å². The quantitative estimate of drug-likeness (QED) is 0.666. The van der Waals surface area contributed by atoms with Gasteiger partial charge in [-0.15, -0.1) is 0 Å². The number of hydrogen-bond donors (Lipinski definition) is 2. The second-order valence-corrected chi connectivity index (χ2v) is 6.31. The van der Waals surface area contributed by atoms with Gasteiger partial charge in [-0.25, -0.2) is 4.79 Å². The van der Waals surface area contributed by atoms with Crippen LogP contribution in [0.15, 0.2) is 53.3 Å². The van der Waals surface area contributed by atoms with E-state index in [9.17, 15) is 4.79 Å². The lowest BCUT2D eigenvalue weighted by atomic mass is 10.3. The van der Waals surface area contributed by atoms with Crippen molar-refractivity contribution in [3.63, 3.8) is 0 Å². The van der Waals surface area contributed by atoms with Crippen LogP contribution >= 0.6 is 0 Å². The minimum Gasteiger partial charge on any atom is -0.485 e. The van der Waals surface area contributed by atoms with Gasteiger partial charge in [0.25, 0.3) is 0 Å². The summed E-state index contributed by atoms with van der Waals surface area (Å²) in [4.78, 5) is 20.3. The Morgan fingerprint density at radius 1 is 1.22 bits per heavy atom. The van der Waals surface area contributed by atoms with E-state index < -0.39 is 0 Å². The molecule has 0 spiro atoms. The van der Waals surface area contributed by atoms with Gasteiger partial charge < -0.3 is 19.9 Å². The molecule has 0 radical (unpaired) electrons. The molecule has 2 amide bonds. The first-order chi connectivity index (χ1) is 13.3. The second-order valence-electron chi connectivity index (χ2n) is 6.31. The summed E-state index contributed by atoms with van der Waals surface area (Å²) in [6, 6.07) is 10.5. The van der Waals surface area contributed by atoms with Gasteiger partial charge in [-0.05, 0) is 48.7 Å². The molecule has 4 rings (SSSR count). The number of nitrogens with zero attached hydrogens (tertiary/aromatic N) is 3. The summed E-state index contributed by atoms with van der Waals surface area (Å²) < 4.78 is 10.8. The van der Waals surface area contributed by atoms with Crippen LogP contribution in [0.3, 0.4) is 0 Å². The van der Waals surface area contributed by atoms with Crippen LogP contribution in [0.1, 0.15) is 36.0 Å². The molecule has 8 nitrogen and oxygen atoms in total. The molecule has 0 aliphatic heterocycles. The average Bonchev–Trinajstić information content (AvgIpc) is 3.45. The summed E-state index contributed by atoms with van der Waals surface area (Å²) in [5.74, 6) is 2.33. The number of nitrogens with one attached hydrogen (secondary N) is 2. The number of carbonyl (C=O) groups excluding carboxylic acids is 1. The second kappa shape index (κ2) is 7.86. The monoisotopic (exact) mass is 365 g/mol. The van der Waals surface area contributed by atoms with Crippen LogP contribution < -0.4 is 15.4 Å². The Hall–Kier alpha value is -3.42. The molecule has 1 saturated carbocycles. The number of aromatic nitrogens is 3. The van der Waals surface area contributed by atoms with Crippen LogP contribution in [-0.2, 0) is 13.2 Å². The zero-order chi connectivity index (χ0) is 18.5. The van der Waals surface area contributed by atoms with Crippen molar-refractivity contribution in [2.75, 3.05) is 5.32 Å². The van der Waals surface area contributed by atoms with Crippen LogP contribution in [0.25, 0.3) is 0 Å². The molecule has 2 N–H and O–H groups in total. The Labute approximate surface area is 156 Å². The smallest absolute Gasteiger partial charge is 0.319 e. The standard InChI is InChI=1S/C19H19N5O3/c25-19(21-11-13-2-1-9-20-10-13)22-15-5-7-16(8-6-15)26-12-17-23-18(27-24-17)14-3-4-14/h1-2,5-10,14H,3-4,11-12H2,(H2,21,22,25). The van der Waals surface area contributed by atoms with Crippen LogP contribution in [0.5, 0.6) is 5.75 Å². The van der Waals surface area contributed by atoms with E-state index in [4.69, 9.17) is 9.26 Å².